The van der Waals surface area contributed by atoms with Crippen LogP contribution in [-0.4, -0.2) is 10.8 Å². The molecule has 0 radical (unpaired) electrons. The van der Waals surface area contributed by atoms with Crippen LogP contribution in [0.25, 0.3) is 5.69 Å². The van der Waals surface area contributed by atoms with E-state index in [0.717, 1.165) is 15.7 Å². The zero-order valence-electron chi connectivity index (χ0n) is 13.8. The maximum Gasteiger partial charge on any atom is 0.0645 e. The van der Waals surface area contributed by atoms with Gasteiger partial charge in [0.2, 0.25) is 0 Å². The molecule has 0 aliphatic rings. The number of aliphatic imine (C=N–C) groups is 1. The van der Waals surface area contributed by atoms with E-state index in [1.165, 1.54) is 22.6 Å². The van der Waals surface area contributed by atoms with E-state index < -0.39 is 0 Å². The van der Waals surface area contributed by atoms with Gasteiger partial charge in [-0.15, -0.1) is 0 Å². The third-order valence-electron chi connectivity index (χ3n) is 3.99. The lowest BCUT2D eigenvalue weighted by molar-refractivity contribution is 0.963. The Hall–Kier alpha value is -1.84. The van der Waals surface area contributed by atoms with Crippen LogP contribution in [0.2, 0.25) is 5.02 Å². The highest BCUT2D eigenvalue weighted by Gasteiger charge is 2.09. The number of benzene rings is 2. The monoisotopic (exact) mass is 400 g/mol. The first-order chi connectivity index (χ1) is 11.5. The van der Waals surface area contributed by atoms with Crippen LogP contribution < -0.4 is 0 Å². The number of rotatable bonds is 3. The Balaban J connectivity index is 1.97. The molecule has 122 valence electrons. The van der Waals surface area contributed by atoms with Gasteiger partial charge in [-0.2, -0.15) is 0 Å². The third-order valence-corrected chi connectivity index (χ3v) is 5.22. The van der Waals surface area contributed by atoms with Crippen molar-refractivity contribution in [1.82, 2.24) is 4.57 Å². The molecule has 0 aliphatic carbocycles. The Kier molecular flexibility index (Phi) is 4.93. The van der Waals surface area contributed by atoms with Crippen LogP contribution in [0.5, 0.6) is 0 Å². The molecular weight excluding hydrogens is 384 g/mol. The molecule has 0 fully saturated rings. The van der Waals surface area contributed by atoms with E-state index in [4.69, 9.17) is 11.6 Å². The van der Waals surface area contributed by atoms with Gasteiger partial charge in [-0.25, -0.2) is 0 Å². The second kappa shape index (κ2) is 6.96. The van der Waals surface area contributed by atoms with E-state index >= 15 is 0 Å². The predicted octanol–water partition coefficient (Wildman–Crippen LogP) is 6.57. The minimum atomic E-state index is 0.662. The molecular formula is C20H18BrClN2. The number of aromatic nitrogens is 1. The van der Waals surface area contributed by atoms with E-state index in [1.807, 2.05) is 24.4 Å². The van der Waals surface area contributed by atoms with E-state index in [9.17, 15) is 0 Å². The number of aryl methyl sites for hydroxylation is 2. The summed E-state index contributed by atoms with van der Waals surface area (Å²) in [6.07, 6.45) is 1.90. The van der Waals surface area contributed by atoms with E-state index in [2.05, 4.69) is 76.6 Å². The van der Waals surface area contributed by atoms with Crippen molar-refractivity contribution in [1.29, 1.82) is 0 Å². The second-order valence-corrected chi connectivity index (χ2v) is 7.12. The van der Waals surface area contributed by atoms with Crippen LogP contribution in [0, 0.1) is 20.8 Å². The van der Waals surface area contributed by atoms with Gasteiger partial charge in [0.25, 0.3) is 0 Å². The summed E-state index contributed by atoms with van der Waals surface area (Å²) < 4.78 is 3.13. The van der Waals surface area contributed by atoms with Crippen LogP contribution in [0.3, 0.4) is 0 Å². The van der Waals surface area contributed by atoms with Crippen molar-refractivity contribution in [3.05, 3.63) is 80.5 Å². The summed E-state index contributed by atoms with van der Waals surface area (Å²) in [4.78, 5) is 4.56. The molecule has 0 saturated carbocycles. The maximum atomic E-state index is 6.13. The van der Waals surface area contributed by atoms with Gasteiger partial charge in [-0.05, 0) is 78.7 Å². The Morgan fingerprint density at radius 2 is 1.83 bits per heavy atom. The number of halogens is 2. The molecule has 0 spiro atoms. The highest BCUT2D eigenvalue weighted by atomic mass is 79.9. The third kappa shape index (κ3) is 3.47. The molecule has 2 aromatic carbocycles. The van der Waals surface area contributed by atoms with Gasteiger partial charge in [0.1, 0.15) is 0 Å². The van der Waals surface area contributed by atoms with Crippen LogP contribution in [0.4, 0.5) is 5.69 Å². The summed E-state index contributed by atoms with van der Waals surface area (Å²) in [6, 6.07) is 16.4. The van der Waals surface area contributed by atoms with Gasteiger partial charge < -0.3 is 4.57 Å². The Morgan fingerprint density at radius 3 is 2.54 bits per heavy atom. The SMILES string of the molecule is Cc1cccc(-n2c(C)cc(C=Nc3ccc(Br)c(Cl)c3)c2C)c1. The minimum Gasteiger partial charge on any atom is -0.318 e. The van der Waals surface area contributed by atoms with Crippen molar-refractivity contribution in [2.75, 3.05) is 0 Å². The van der Waals surface area contributed by atoms with Crippen LogP contribution in [0.15, 0.2) is 58.0 Å². The van der Waals surface area contributed by atoms with Gasteiger partial charge in [0.15, 0.2) is 0 Å². The summed E-state index contributed by atoms with van der Waals surface area (Å²) in [7, 11) is 0. The topological polar surface area (TPSA) is 17.3 Å². The molecule has 1 heterocycles. The Bertz CT molecular complexity index is 925. The predicted molar refractivity (Wildman–Crippen MR) is 106 cm³/mol. The number of hydrogen-bond donors (Lipinski definition) is 0. The van der Waals surface area contributed by atoms with E-state index in [0.29, 0.717) is 5.02 Å². The highest BCUT2D eigenvalue weighted by Crippen LogP contribution is 2.27. The zero-order chi connectivity index (χ0) is 17.3. The fourth-order valence-electron chi connectivity index (χ4n) is 2.79. The molecule has 0 N–H and O–H groups in total. The largest absolute Gasteiger partial charge is 0.318 e. The quantitative estimate of drug-likeness (QED) is 0.442. The van der Waals surface area contributed by atoms with Gasteiger partial charge in [0.05, 0.1) is 10.7 Å². The molecule has 4 heteroatoms. The van der Waals surface area contributed by atoms with Gasteiger partial charge in [-0.3, -0.25) is 4.99 Å². The maximum absolute atomic E-state index is 6.13. The molecule has 0 atom stereocenters. The normalized spacial score (nSPS) is 11.4. The lowest BCUT2D eigenvalue weighted by Gasteiger charge is -2.10. The Labute approximate surface area is 155 Å². The minimum absolute atomic E-state index is 0.662. The molecule has 3 aromatic rings. The molecule has 0 saturated heterocycles. The van der Waals surface area contributed by atoms with Crippen molar-refractivity contribution >= 4 is 39.4 Å². The molecule has 3 rings (SSSR count). The fourth-order valence-corrected chi connectivity index (χ4v) is 3.21. The first kappa shape index (κ1) is 17.0. The molecule has 0 bridgehead atoms. The van der Waals surface area contributed by atoms with Crippen LogP contribution in [0.1, 0.15) is 22.5 Å². The molecule has 0 unspecified atom stereocenters. The lowest BCUT2D eigenvalue weighted by atomic mass is 10.2. The first-order valence-electron chi connectivity index (χ1n) is 7.71. The molecule has 1 aromatic heterocycles. The molecule has 0 aliphatic heterocycles. The van der Waals surface area contributed by atoms with Crippen molar-refractivity contribution in [2.45, 2.75) is 20.8 Å². The van der Waals surface area contributed by atoms with Crippen molar-refractivity contribution in [2.24, 2.45) is 4.99 Å². The highest BCUT2D eigenvalue weighted by molar-refractivity contribution is 9.10. The number of nitrogens with zero attached hydrogens (tertiary/aromatic N) is 2. The Morgan fingerprint density at radius 1 is 1.04 bits per heavy atom. The lowest BCUT2D eigenvalue weighted by Crippen LogP contribution is -1.99. The summed E-state index contributed by atoms with van der Waals surface area (Å²) in [5.74, 6) is 0. The average molecular weight is 402 g/mol. The van der Waals surface area contributed by atoms with Gasteiger partial charge >= 0.3 is 0 Å². The van der Waals surface area contributed by atoms with E-state index in [-0.39, 0.29) is 0 Å². The zero-order valence-corrected chi connectivity index (χ0v) is 16.2. The smallest absolute Gasteiger partial charge is 0.0645 e. The standard InChI is InChI=1S/C20H18BrClN2/c1-13-5-4-6-18(9-13)24-14(2)10-16(15(24)3)12-23-17-7-8-19(21)20(22)11-17/h4-12H,1-3H3. The summed E-state index contributed by atoms with van der Waals surface area (Å²) in [5.41, 5.74) is 6.73. The second-order valence-electron chi connectivity index (χ2n) is 5.86. The van der Waals surface area contributed by atoms with Crippen molar-refractivity contribution < 1.29 is 0 Å². The van der Waals surface area contributed by atoms with Crippen molar-refractivity contribution in [3.8, 4) is 5.69 Å². The first-order valence-corrected chi connectivity index (χ1v) is 8.88. The summed E-state index contributed by atoms with van der Waals surface area (Å²) >= 11 is 9.52. The van der Waals surface area contributed by atoms with Gasteiger partial charge in [-0.1, -0.05) is 23.7 Å². The van der Waals surface area contributed by atoms with Crippen LogP contribution in [-0.2, 0) is 0 Å². The van der Waals surface area contributed by atoms with Crippen LogP contribution >= 0.6 is 27.5 Å². The fraction of sp³-hybridized carbons (Fsp3) is 0.150. The summed E-state index contributed by atoms with van der Waals surface area (Å²) in [5, 5.41) is 0.662. The summed E-state index contributed by atoms with van der Waals surface area (Å²) in [6.45, 7) is 6.34. The number of hydrogen-bond acceptors (Lipinski definition) is 1. The van der Waals surface area contributed by atoms with Gasteiger partial charge in [0, 0.05) is 33.3 Å². The molecule has 2 nitrogen and oxygen atoms in total. The van der Waals surface area contributed by atoms with Crippen molar-refractivity contribution in [3.63, 3.8) is 0 Å². The molecule has 24 heavy (non-hydrogen) atoms. The average Bonchev–Trinajstić information content (AvgIpc) is 2.82. The van der Waals surface area contributed by atoms with E-state index in [1.54, 1.807) is 0 Å². The molecule has 0 amide bonds.